The van der Waals surface area contributed by atoms with Gasteiger partial charge in [0.15, 0.2) is 0 Å². The Balaban J connectivity index is 1.44. The minimum Gasteiger partial charge on any atom is -0.361 e. The van der Waals surface area contributed by atoms with E-state index in [1.54, 1.807) is 6.92 Å². The molecule has 0 aliphatic carbocycles. The van der Waals surface area contributed by atoms with Gasteiger partial charge in [-0.15, -0.1) is 0 Å². The van der Waals surface area contributed by atoms with Crippen molar-refractivity contribution >= 4 is 17.8 Å². The lowest BCUT2D eigenvalue weighted by atomic mass is 10.00. The van der Waals surface area contributed by atoms with Gasteiger partial charge < -0.3 is 9.84 Å². The molecule has 3 heterocycles. The number of amides is 4. The molecule has 1 atom stereocenters. The van der Waals surface area contributed by atoms with Gasteiger partial charge in [-0.1, -0.05) is 12.1 Å². The van der Waals surface area contributed by atoms with Gasteiger partial charge >= 0.3 is 6.03 Å². The summed E-state index contributed by atoms with van der Waals surface area (Å²) in [5.41, 5.74) is 2.36. The molecule has 0 saturated carbocycles. The summed E-state index contributed by atoms with van der Waals surface area (Å²) < 4.78 is 5.08. The number of hydrogen-bond donors (Lipinski definition) is 2. The van der Waals surface area contributed by atoms with Crippen LogP contribution in [0.3, 0.4) is 0 Å². The third-order valence-electron chi connectivity index (χ3n) is 5.10. The topological polar surface area (TPSA) is 111 Å². The third-order valence-corrected chi connectivity index (χ3v) is 5.10. The van der Waals surface area contributed by atoms with Gasteiger partial charge in [-0.3, -0.25) is 24.8 Å². The number of imide groups is 1. The molecule has 0 aromatic carbocycles. The lowest BCUT2D eigenvalue weighted by Gasteiger charge is -2.33. The van der Waals surface area contributed by atoms with Gasteiger partial charge in [-0.25, -0.2) is 4.79 Å². The van der Waals surface area contributed by atoms with Crippen molar-refractivity contribution in [3.63, 3.8) is 0 Å². The standard InChI is InChI=1S/C17H26N6O4/c1-4-17(3)15(25)23(16(26)18-17)19-14(24)11-22-7-5-21(6-8-22)10-13-9-12(2)27-20-13/h9H,4-8,10-11H2,1-3H3,(H,18,26)(H,19,24). The molecule has 148 valence electrons. The third kappa shape index (κ3) is 4.28. The van der Waals surface area contributed by atoms with Crippen LogP contribution in [0.4, 0.5) is 4.79 Å². The summed E-state index contributed by atoms with van der Waals surface area (Å²) in [5, 5.41) is 7.39. The van der Waals surface area contributed by atoms with Gasteiger partial charge in [-0.2, -0.15) is 5.01 Å². The summed E-state index contributed by atoms with van der Waals surface area (Å²) in [6.45, 7) is 9.21. The van der Waals surface area contributed by atoms with Crippen LogP contribution in [-0.4, -0.2) is 76.1 Å². The monoisotopic (exact) mass is 378 g/mol. The zero-order valence-corrected chi connectivity index (χ0v) is 15.9. The van der Waals surface area contributed by atoms with Crippen molar-refractivity contribution in [2.75, 3.05) is 32.7 Å². The number of carbonyl (C=O) groups is 3. The highest BCUT2D eigenvalue weighted by Gasteiger charge is 2.47. The molecule has 2 aliphatic rings. The van der Waals surface area contributed by atoms with E-state index in [9.17, 15) is 14.4 Å². The van der Waals surface area contributed by atoms with Crippen LogP contribution in [0.1, 0.15) is 31.7 Å². The fourth-order valence-corrected chi connectivity index (χ4v) is 3.22. The molecule has 27 heavy (non-hydrogen) atoms. The highest BCUT2D eigenvalue weighted by atomic mass is 16.5. The van der Waals surface area contributed by atoms with Crippen molar-refractivity contribution in [1.29, 1.82) is 0 Å². The molecule has 0 spiro atoms. The van der Waals surface area contributed by atoms with Crippen molar-refractivity contribution in [1.82, 2.24) is 30.7 Å². The first-order chi connectivity index (χ1) is 12.8. The van der Waals surface area contributed by atoms with Crippen molar-refractivity contribution in [2.45, 2.75) is 39.3 Å². The van der Waals surface area contributed by atoms with E-state index in [1.807, 2.05) is 24.8 Å². The summed E-state index contributed by atoms with van der Waals surface area (Å²) in [7, 11) is 0. The molecule has 4 amide bonds. The van der Waals surface area contributed by atoms with Crippen LogP contribution in [0, 0.1) is 6.92 Å². The van der Waals surface area contributed by atoms with Crippen LogP contribution in [-0.2, 0) is 16.1 Å². The molecule has 0 bridgehead atoms. The Morgan fingerprint density at radius 2 is 1.96 bits per heavy atom. The van der Waals surface area contributed by atoms with Gasteiger partial charge in [0.1, 0.15) is 11.3 Å². The Labute approximate surface area is 157 Å². The van der Waals surface area contributed by atoms with E-state index in [0.717, 1.165) is 49.2 Å². The fraction of sp³-hybridized carbons (Fsp3) is 0.647. The summed E-state index contributed by atoms with van der Waals surface area (Å²) in [6, 6.07) is 1.33. The molecule has 1 aromatic heterocycles. The van der Waals surface area contributed by atoms with Crippen molar-refractivity contribution in [3.05, 3.63) is 17.5 Å². The maximum Gasteiger partial charge on any atom is 0.344 e. The van der Waals surface area contributed by atoms with Crippen molar-refractivity contribution < 1.29 is 18.9 Å². The first-order valence-corrected chi connectivity index (χ1v) is 9.14. The van der Waals surface area contributed by atoms with Crippen LogP contribution in [0.15, 0.2) is 10.6 Å². The zero-order valence-electron chi connectivity index (χ0n) is 15.9. The predicted molar refractivity (Wildman–Crippen MR) is 95.2 cm³/mol. The molecule has 1 aromatic rings. The highest BCUT2D eigenvalue weighted by molar-refractivity contribution is 6.07. The summed E-state index contributed by atoms with van der Waals surface area (Å²) >= 11 is 0. The second kappa shape index (κ2) is 7.65. The molecule has 3 rings (SSSR count). The van der Waals surface area contributed by atoms with Gasteiger partial charge in [-0.05, 0) is 20.3 Å². The van der Waals surface area contributed by atoms with E-state index in [-0.39, 0.29) is 12.5 Å². The first-order valence-electron chi connectivity index (χ1n) is 9.14. The molecule has 1 unspecified atom stereocenters. The second-order valence-electron chi connectivity index (χ2n) is 7.27. The Morgan fingerprint density at radius 1 is 1.30 bits per heavy atom. The maximum absolute atomic E-state index is 12.3. The minimum atomic E-state index is -0.963. The predicted octanol–water partition coefficient (Wildman–Crippen LogP) is -0.148. The molecule has 2 saturated heterocycles. The number of hydrazine groups is 1. The Morgan fingerprint density at radius 3 is 2.52 bits per heavy atom. The van der Waals surface area contributed by atoms with E-state index in [1.165, 1.54) is 0 Å². The number of aryl methyl sites for hydroxylation is 1. The fourth-order valence-electron chi connectivity index (χ4n) is 3.22. The summed E-state index contributed by atoms with van der Waals surface area (Å²) in [4.78, 5) is 40.8. The molecule has 2 fully saturated rings. The number of rotatable bonds is 6. The zero-order chi connectivity index (χ0) is 19.6. The van der Waals surface area contributed by atoms with E-state index < -0.39 is 17.5 Å². The molecule has 0 radical (unpaired) electrons. The van der Waals surface area contributed by atoms with Crippen LogP contribution in [0.25, 0.3) is 0 Å². The highest BCUT2D eigenvalue weighted by Crippen LogP contribution is 2.19. The molecule has 10 nitrogen and oxygen atoms in total. The number of aromatic nitrogens is 1. The number of urea groups is 1. The Hall–Kier alpha value is -2.46. The smallest absolute Gasteiger partial charge is 0.344 e. The van der Waals surface area contributed by atoms with Gasteiger partial charge in [0.25, 0.3) is 11.8 Å². The SMILES string of the molecule is CCC1(C)NC(=O)N(NC(=O)CN2CCN(Cc3cc(C)on3)CC2)C1=O. The minimum absolute atomic E-state index is 0.136. The number of nitrogens with one attached hydrogen (secondary N) is 2. The Bertz CT molecular complexity index is 727. The van der Waals surface area contributed by atoms with Gasteiger partial charge in [0, 0.05) is 38.8 Å². The summed E-state index contributed by atoms with van der Waals surface area (Å²) in [5.74, 6) is -0.0181. The molecule has 10 heteroatoms. The van der Waals surface area contributed by atoms with Crippen molar-refractivity contribution in [3.8, 4) is 0 Å². The van der Waals surface area contributed by atoms with Crippen LogP contribution < -0.4 is 10.7 Å². The van der Waals surface area contributed by atoms with E-state index in [4.69, 9.17) is 4.52 Å². The van der Waals surface area contributed by atoms with Gasteiger partial charge in [0.2, 0.25) is 0 Å². The van der Waals surface area contributed by atoms with E-state index in [2.05, 4.69) is 20.8 Å². The lowest BCUT2D eigenvalue weighted by Crippen LogP contribution is -2.53. The molecular formula is C17H26N6O4. The van der Waals surface area contributed by atoms with Gasteiger partial charge in [0.05, 0.1) is 12.2 Å². The van der Waals surface area contributed by atoms with Crippen LogP contribution >= 0.6 is 0 Å². The first kappa shape index (κ1) is 19.3. The van der Waals surface area contributed by atoms with E-state index >= 15 is 0 Å². The number of piperazine rings is 1. The van der Waals surface area contributed by atoms with Crippen LogP contribution in [0.2, 0.25) is 0 Å². The molecule has 2 aliphatic heterocycles. The lowest BCUT2D eigenvalue weighted by molar-refractivity contribution is -0.139. The summed E-state index contributed by atoms with van der Waals surface area (Å²) in [6.07, 6.45) is 0.455. The Kier molecular flexibility index (Phi) is 5.47. The number of carbonyl (C=O) groups excluding carboxylic acids is 3. The quantitative estimate of drug-likeness (QED) is 0.663. The number of nitrogens with zero attached hydrogens (tertiary/aromatic N) is 4. The number of hydrogen-bond acceptors (Lipinski definition) is 7. The average Bonchev–Trinajstić information content (AvgIpc) is 3.13. The van der Waals surface area contributed by atoms with Crippen molar-refractivity contribution in [2.24, 2.45) is 0 Å². The maximum atomic E-state index is 12.3. The van der Waals surface area contributed by atoms with Crippen LogP contribution in [0.5, 0.6) is 0 Å². The average molecular weight is 378 g/mol. The molecule has 2 N–H and O–H groups in total. The molecular weight excluding hydrogens is 352 g/mol. The largest absolute Gasteiger partial charge is 0.361 e. The second-order valence-corrected chi connectivity index (χ2v) is 7.27. The normalized spacial score (nSPS) is 24.3. The van der Waals surface area contributed by atoms with E-state index in [0.29, 0.717) is 6.42 Å².